The second-order valence-corrected chi connectivity index (χ2v) is 4.29. The molecule has 0 bridgehead atoms. The number of nitrogens with zero attached hydrogens (tertiary/aromatic N) is 2. The average Bonchev–Trinajstić information content (AvgIpc) is 3.04. The van der Waals surface area contributed by atoms with Crippen molar-refractivity contribution in [1.29, 1.82) is 0 Å². The zero-order chi connectivity index (χ0) is 12.5. The Morgan fingerprint density at radius 1 is 1.39 bits per heavy atom. The maximum absolute atomic E-state index is 6.20. The Balaban J connectivity index is 1.98. The van der Waals surface area contributed by atoms with E-state index in [4.69, 9.17) is 10.2 Å². The van der Waals surface area contributed by atoms with E-state index in [1.807, 2.05) is 48.1 Å². The molecule has 3 aromatic rings. The maximum Gasteiger partial charge on any atom is 0.134 e. The van der Waals surface area contributed by atoms with Crippen molar-refractivity contribution in [1.82, 2.24) is 9.78 Å². The normalized spacial score (nSPS) is 13.0. The molecule has 2 heterocycles. The molecule has 1 unspecified atom stereocenters. The van der Waals surface area contributed by atoms with E-state index in [9.17, 15) is 0 Å². The van der Waals surface area contributed by atoms with Gasteiger partial charge in [-0.2, -0.15) is 5.10 Å². The number of fused-ring (bicyclic) bond motifs is 1. The van der Waals surface area contributed by atoms with Crippen LogP contribution in [0, 0.1) is 0 Å². The Labute approximate surface area is 105 Å². The van der Waals surface area contributed by atoms with Gasteiger partial charge in [-0.1, -0.05) is 18.2 Å². The van der Waals surface area contributed by atoms with Crippen molar-refractivity contribution in [3.63, 3.8) is 0 Å². The number of para-hydroxylation sites is 1. The van der Waals surface area contributed by atoms with Crippen molar-refractivity contribution < 1.29 is 4.42 Å². The third-order valence-corrected chi connectivity index (χ3v) is 3.09. The molecule has 4 heteroatoms. The Kier molecular flexibility index (Phi) is 2.64. The molecule has 1 atom stereocenters. The van der Waals surface area contributed by atoms with E-state index in [2.05, 4.69) is 5.10 Å². The maximum atomic E-state index is 6.20. The number of nitrogens with two attached hydrogens (primary N) is 1. The number of furan rings is 1. The molecule has 0 radical (unpaired) electrons. The van der Waals surface area contributed by atoms with E-state index in [0.29, 0.717) is 0 Å². The number of benzene rings is 1. The Morgan fingerprint density at radius 3 is 2.94 bits per heavy atom. The van der Waals surface area contributed by atoms with Crippen LogP contribution in [-0.2, 0) is 6.54 Å². The van der Waals surface area contributed by atoms with Crippen LogP contribution in [0.4, 0.5) is 0 Å². The summed E-state index contributed by atoms with van der Waals surface area (Å²) in [6.45, 7) is 2.89. The first-order valence-electron chi connectivity index (χ1n) is 6.04. The van der Waals surface area contributed by atoms with E-state index in [1.54, 1.807) is 6.20 Å². The Bertz CT molecular complexity index is 635. The summed E-state index contributed by atoms with van der Waals surface area (Å²) in [7, 11) is 0. The lowest BCUT2D eigenvalue weighted by Crippen LogP contribution is -2.09. The minimum Gasteiger partial charge on any atom is -0.459 e. The number of rotatable bonds is 3. The van der Waals surface area contributed by atoms with Gasteiger partial charge in [-0.3, -0.25) is 4.68 Å². The van der Waals surface area contributed by atoms with Crippen LogP contribution in [0.5, 0.6) is 0 Å². The van der Waals surface area contributed by atoms with Gasteiger partial charge in [-0.05, 0) is 19.1 Å². The Hall–Kier alpha value is -2.07. The van der Waals surface area contributed by atoms with Gasteiger partial charge >= 0.3 is 0 Å². The van der Waals surface area contributed by atoms with E-state index in [0.717, 1.165) is 28.8 Å². The third-order valence-electron chi connectivity index (χ3n) is 3.09. The lowest BCUT2D eigenvalue weighted by atomic mass is 10.1. The second-order valence-electron chi connectivity index (χ2n) is 4.29. The van der Waals surface area contributed by atoms with Crippen LogP contribution in [0.25, 0.3) is 11.0 Å². The van der Waals surface area contributed by atoms with Crippen molar-refractivity contribution in [2.24, 2.45) is 5.73 Å². The monoisotopic (exact) mass is 241 g/mol. The molecule has 0 saturated heterocycles. The van der Waals surface area contributed by atoms with Crippen molar-refractivity contribution in [2.45, 2.75) is 19.5 Å². The van der Waals surface area contributed by atoms with Crippen molar-refractivity contribution >= 4 is 11.0 Å². The third kappa shape index (κ3) is 1.80. The fraction of sp³-hybridized carbons (Fsp3) is 0.214. The molecule has 0 aliphatic heterocycles. The second kappa shape index (κ2) is 4.31. The fourth-order valence-corrected chi connectivity index (χ4v) is 2.03. The molecular weight excluding hydrogens is 226 g/mol. The quantitative estimate of drug-likeness (QED) is 0.767. The first kappa shape index (κ1) is 11.0. The molecule has 92 valence electrons. The minimum atomic E-state index is -0.266. The number of aromatic nitrogens is 2. The van der Waals surface area contributed by atoms with Gasteiger partial charge in [0.15, 0.2) is 0 Å². The summed E-state index contributed by atoms with van der Waals surface area (Å²) in [6, 6.07) is 9.63. The number of hydrogen-bond acceptors (Lipinski definition) is 3. The summed E-state index contributed by atoms with van der Waals surface area (Å²) in [5.74, 6) is 0.770. The fourth-order valence-electron chi connectivity index (χ4n) is 2.03. The zero-order valence-corrected chi connectivity index (χ0v) is 10.2. The molecule has 18 heavy (non-hydrogen) atoms. The average molecular weight is 241 g/mol. The first-order valence-corrected chi connectivity index (χ1v) is 6.04. The molecule has 1 aromatic carbocycles. The topological polar surface area (TPSA) is 57.0 Å². The minimum absolute atomic E-state index is 0.266. The smallest absolute Gasteiger partial charge is 0.134 e. The predicted octanol–water partition coefficient (Wildman–Crippen LogP) is 2.70. The summed E-state index contributed by atoms with van der Waals surface area (Å²) < 4.78 is 7.62. The summed E-state index contributed by atoms with van der Waals surface area (Å²) >= 11 is 0. The first-order chi connectivity index (χ1) is 8.78. The van der Waals surface area contributed by atoms with Crippen molar-refractivity contribution in [3.8, 4) is 0 Å². The van der Waals surface area contributed by atoms with E-state index in [1.165, 1.54) is 0 Å². The Morgan fingerprint density at radius 2 is 2.22 bits per heavy atom. The van der Waals surface area contributed by atoms with E-state index >= 15 is 0 Å². The van der Waals surface area contributed by atoms with Gasteiger partial charge in [0, 0.05) is 23.7 Å². The highest BCUT2D eigenvalue weighted by Crippen LogP contribution is 2.26. The highest BCUT2D eigenvalue weighted by molar-refractivity contribution is 5.77. The van der Waals surface area contributed by atoms with Gasteiger partial charge in [0.2, 0.25) is 0 Å². The summed E-state index contributed by atoms with van der Waals surface area (Å²) in [4.78, 5) is 0. The molecule has 0 spiro atoms. The van der Waals surface area contributed by atoms with Crippen LogP contribution in [0.1, 0.15) is 24.3 Å². The zero-order valence-electron chi connectivity index (χ0n) is 10.2. The summed E-state index contributed by atoms with van der Waals surface area (Å²) in [5.41, 5.74) is 8.04. The molecule has 2 aromatic heterocycles. The molecule has 0 fully saturated rings. The lowest BCUT2D eigenvalue weighted by molar-refractivity contribution is 0.525. The van der Waals surface area contributed by atoms with Crippen LogP contribution in [0.15, 0.2) is 47.1 Å². The largest absolute Gasteiger partial charge is 0.459 e. The van der Waals surface area contributed by atoms with Crippen molar-refractivity contribution in [3.05, 3.63) is 54.0 Å². The van der Waals surface area contributed by atoms with Crippen LogP contribution < -0.4 is 5.73 Å². The van der Waals surface area contributed by atoms with Crippen LogP contribution in [-0.4, -0.2) is 9.78 Å². The van der Waals surface area contributed by atoms with Gasteiger partial charge in [-0.25, -0.2) is 0 Å². The highest BCUT2D eigenvalue weighted by atomic mass is 16.3. The van der Waals surface area contributed by atoms with Crippen molar-refractivity contribution in [2.75, 3.05) is 0 Å². The standard InChI is InChI=1S/C14H15N3O/c1-2-17-9-11(8-16-17)14(15)13-7-10-5-3-4-6-12(10)18-13/h3-9,14H,2,15H2,1H3. The molecule has 0 saturated carbocycles. The van der Waals surface area contributed by atoms with Gasteiger partial charge in [0.1, 0.15) is 11.3 Å². The molecule has 0 amide bonds. The van der Waals surface area contributed by atoms with E-state index < -0.39 is 0 Å². The van der Waals surface area contributed by atoms with E-state index in [-0.39, 0.29) is 6.04 Å². The SMILES string of the molecule is CCn1cc(C(N)c2cc3ccccc3o2)cn1. The molecule has 4 nitrogen and oxygen atoms in total. The van der Waals surface area contributed by atoms with Crippen LogP contribution in [0.2, 0.25) is 0 Å². The number of hydrogen-bond donors (Lipinski definition) is 1. The number of aryl methyl sites for hydroxylation is 1. The highest BCUT2D eigenvalue weighted by Gasteiger charge is 2.15. The lowest BCUT2D eigenvalue weighted by Gasteiger charge is -2.04. The van der Waals surface area contributed by atoms with Gasteiger partial charge < -0.3 is 10.2 Å². The molecule has 3 rings (SSSR count). The summed E-state index contributed by atoms with van der Waals surface area (Å²) in [5, 5.41) is 5.31. The van der Waals surface area contributed by atoms with Gasteiger partial charge in [-0.15, -0.1) is 0 Å². The summed E-state index contributed by atoms with van der Waals surface area (Å²) in [6.07, 6.45) is 3.75. The molecule has 0 aliphatic carbocycles. The predicted molar refractivity (Wildman–Crippen MR) is 70.1 cm³/mol. The molecule has 2 N–H and O–H groups in total. The van der Waals surface area contributed by atoms with Gasteiger partial charge in [0.05, 0.1) is 12.2 Å². The molecular formula is C14H15N3O. The molecule has 0 aliphatic rings. The van der Waals surface area contributed by atoms with Crippen LogP contribution in [0.3, 0.4) is 0 Å². The van der Waals surface area contributed by atoms with Gasteiger partial charge in [0.25, 0.3) is 0 Å². The van der Waals surface area contributed by atoms with Crippen LogP contribution >= 0.6 is 0 Å².